The van der Waals surface area contributed by atoms with Crippen LogP contribution in [0.1, 0.15) is 30.7 Å². The largest absolute Gasteiger partial charge is 0.573 e. The van der Waals surface area contributed by atoms with E-state index in [1.165, 1.54) is 12.1 Å². The minimum absolute atomic E-state index is 0.218. The lowest BCUT2D eigenvalue weighted by molar-refractivity contribution is -0.274. The predicted molar refractivity (Wildman–Crippen MR) is 98.3 cm³/mol. The van der Waals surface area contributed by atoms with Crippen LogP contribution in [0.2, 0.25) is 0 Å². The first-order valence-electron chi connectivity index (χ1n) is 8.55. The number of fused-ring (bicyclic) bond motifs is 2. The van der Waals surface area contributed by atoms with Crippen LogP contribution >= 0.6 is 0 Å². The number of aliphatic imine (C=N–C) groups is 1. The number of aromatic nitrogens is 1. The van der Waals surface area contributed by atoms with Gasteiger partial charge in [0.15, 0.2) is 0 Å². The van der Waals surface area contributed by atoms with E-state index in [9.17, 15) is 13.2 Å². The molecule has 0 N–H and O–H groups in total. The monoisotopic (exact) mass is 370 g/mol. The number of alkyl halides is 3. The summed E-state index contributed by atoms with van der Waals surface area (Å²) >= 11 is 0. The minimum atomic E-state index is -4.71. The molecule has 6 heteroatoms. The molecule has 1 aliphatic rings. The number of pyridine rings is 1. The van der Waals surface area contributed by atoms with Crippen LogP contribution in [0.25, 0.3) is 10.9 Å². The van der Waals surface area contributed by atoms with Gasteiger partial charge in [-0.05, 0) is 56.2 Å². The van der Waals surface area contributed by atoms with Gasteiger partial charge in [0.25, 0.3) is 0 Å². The second-order valence-electron chi connectivity index (χ2n) is 7.21. The van der Waals surface area contributed by atoms with Crippen molar-refractivity contribution in [3.8, 4) is 5.75 Å². The van der Waals surface area contributed by atoms with Crippen LogP contribution < -0.4 is 4.74 Å². The Morgan fingerprint density at radius 3 is 2.56 bits per heavy atom. The molecule has 2 heterocycles. The van der Waals surface area contributed by atoms with Gasteiger partial charge in [0, 0.05) is 10.9 Å². The number of ether oxygens (including phenoxy) is 1. The van der Waals surface area contributed by atoms with Crippen LogP contribution in [0.3, 0.4) is 0 Å². The van der Waals surface area contributed by atoms with Gasteiger partial charge in [-0.3, -0.25) is 4.99 Å². The summed E-state index contributed by atoms with van der Waals surface area (Å²) in [7, 11) is 0. The highest BCUT2D eigenvalue weighted by Crippen LogP contribution is 2.33. The zero-order valence-electron chi connectivity index (χ0n) is 14.8. The topological polar surface area (TPSA) is 34.5 Å². The molecule has 138 valence electrons. The van der Waals surface area contributed by atoms with Crippen LogP contribution in [0, 0.1) is 0 Å². The molecule has 0 amide bonds. The van der Waals surface area contributed by atoms with E-state index in [4.69, 9.17) is 9.98 Å². The van der Waals surface area contributed by atoms with Crippen molar-refractivity contribution < 1.29 is 17.9 Å². The highest BCUT2D eigenvalue weighted by atomic mass is 19.4. The maximum atomic E-state index is 12.6. The molecule has 3 nitrogen and oxygen atoms in total. The fourth-order valence-corrected chi connectivity index (χ4v) is 3.41. The maximum Gasteiger partial charge on any atom is 0.573 e. The van der Waals surface area contributed by atoms with E-state index in [1.807, 2.05) is 50.2 Å². The SMILES string of the molecule is CC1(C)Cc2cc(OC(F)(F)F)ccc2C(c2ccc3ccccc3n2)=N1. The number of nitrogens with zero attached hydrogens (tertiary/aromatic N) is 2. The summed E-state index contributed by atoms with van der Waals surface area (Å²) in [4.78, 5) is 9.53. The second kappa shape index (κ2) is 6.08. The van der Waals surface area contributed by atoms with Gasteiger partial charge in [0.2, 0.25) is 0 Å². The highest BCUT2D eigenvalue weighted by Gasteiger charge is 2.33. The van der Waals surface area contributed by atoms with Gasteiger partial charge in [-0.1, -0.05) is 24.3 Å². The van der Waals surface area contributed by atoms with Crippen LogP contribution in [0.15, 0.2) is 59.6 Å². The molecule has 0 saturated carbocycles. The number of hydrogen-bond donors (Lipinski definition) is 0. The molecule has 0 saturated heterocycles. The Kier molecular flexibility index (Phi) is 3.94. The fraction of sp³-hybridized carbons (Fsp3) is 0.238. The summed E-state index contributed by atoms with van der Waals surface area (Å²) in [5.74, 6) is -0.218. The number of halogens is 3. The lowest BCUT2D eigenvalue weighted by atomic mass is 9.86. The third kappa shape index (κ3) is 3.65. The first-order valence-corrected chi connectivity index (χ1v) is 8.55. The fourth-order valence-electron chi connectivity index (χ4n) is 3.41. The van der Waals surface area contributed by atoms with Crippen molar-refractivity contribution in [1.82, 2.24) is 4.98 Å². The minimum Gasteiger partial charge on any atom is -0.406 e. The lowest BCUT2D eigenvalue weighted by Gasteiger charge is -2.29. The summed E-state index contributed by atoms with van der Waals surface area (Å²) in [6.45, 7) is 3.91. The van der Waals surface area contributed by atoms with Crippen molar-refractivity contribution in [2.75, 3.05) is 0 Å². The lowest BCUT2D eigenvalue weighted by Crippen LogP contribution is -2.30. The molecule has 2 aromatic carbocycles. The van der Waals surface area contributed by atoms with E-state index >= 15 is 0 Å². The molecule has 0 spiro atoms. The van der Waals surface area contributed by atoms with Crippen LogP contribution in [-0.2, 0) is 6.42 Å². The zero-order valence-corrected chi connectivity index (χ0v) is 14.8. The van der Waals surface area contributed by atoms with Gasteiger partial charge >= 0.3 is 6.36 Å². The van der Waals surface area contributed by atoms with Crippen LogP contribution in [-0.4, -0.2) is 22.6 Å². The summed E-state index contributed by atoms with van der Waals surface area (Å²) in [5.41, 5.74) is 3.33. The van der Waals surface area contributed by atoms with Gasteiger partial charge in [0.1, 0.15) is 5.75 Å². The normalized spacial score (nSPS) is 16.0. The highest BCUT2D eigenvalue weighted by molar-refractivity contribution is 6.14. The average Bonchev–Trinajstić information content (AvgIpc) is 2.58. The molecule has 27 heavy (non-hydrogen) atoms. The first-order chi connectivity index (χ1) is 12.7. The van der Waals surface area contributed by atoms with Crippen molar-refractivity contribution in [2.45, 2.75) is 32.2 Å². The van der Waals surface area contributed by atoms with E-state index in [1.54, 1.807) is 6.07 Å². The van der Waals surface area contributed by atoms with E-state index in [2.05, 4.69) is 4.74 Å². The molecular formula is C21H17F3N2O. The van der Waals surface area contributed by atoms with Crippen molar-refractivity contribution in [2.24, 2.45) is 4.99 Å². The van der Waals surface area contributed by atoms with Crippen molar-refractivity contribution in [1.29, 1.82) is 0 Å². The van der Waals surface area contributed by atoms with Gasteiger partial charge in [-0.2, -0.15) is 0 Å². The summed E-state index contributed by atoms with van der Waals surface area (Å²) in [6.07, 6.45) is -4.19. The summed E-state index contributed by atoms with van der Waals surface area (Å²) < 4.78 is 41.8. The Hall–Kier alpha value is -2.89. The zero-order chi connectivity index (χ0) is 19.2. The number of benzene rings is 2. The Morgan fingerprint density at radius 2 is 1.78 bits per heavy atom. The van der Waals surface area contributed by atoms with Crippen molar-refractivity contribution >= 4 is 16.6 Å². The molecule has 0 bridgehead atoms. The van der Waals surface area contributed by atoms with Crippen molar-refractivity contribution in [3.63, 3.8) is 0 Å². The molecule has 0 atom stereocenters. The number of hydrogen-bond acceptors (Lipinski definition) is 3. The van der Waals surface area contributed by atoms with Crippen molar-refractivity contribution in [3.05, 3.63) is 71.4 Å². The summed E-state index contributed by atoms with van der Waals surface area (Å²) in [6, 6.07) is 16.0. The first kappa shape index (κ1) is 17.5. The van der Waals surface area contributed by atoms with E-state index in [0.29, 0.717) is 17.8 Å². The smallest absolute Gasteiger partial charge is 0.406 e. The third-order valence-corrected chi connectivity index (χ3v) is 4.44. The van der Waals surface area contributed by atoms with Gasteiger partial charge < -0.3 is 4.74 Å². The molecule has 1 aromatic heterocycles. The van der Waals surface area contributed by atoms with Gasteiger partial charge in [-0.25, -0.2) is 4.98 Å². The molecule has 0 radical (unpaired) electrons. The maximum absolute atomic E-state index is 12.6. The Labute approximate surface area is 154 Å². The molecule has 1 aliphatic heterocycles. The molecule has 0 aliphatic carbocycles. The van der Waals surface area contributed by atoms with Crippen LogP contribution in [0.4, 0.5) is 13.2 Å². The quantitative estimate of drug-likeness (QED) is 0.613. The number of rotatable bonds is 2. The Bertz CT molecular complexity index is 1050. The van der Waals surface area contributed by atoms with E-state index in [0.717, 1.165) is 22.0 Å². The second-order valence-corrected chi connectivity index (χ2v) is 7.21. The summed E-state index contributed by atoms with van der Waals surface area (Å²) in [5, 5.41) is 1.02. The molecular weight excluding hydrogens is 353 g/mol. The molecule has 4 rings (SSSR count). The Morgan fingerprint density at radius 1 is 1.00 bits per heavy atom. The Balaban J connectivity index is 1.82. The van der Waals surface area contributed by atoms with E-state index < -0.39 is 11.9 Å². The molecule has 3 aromatic rings. The predicted octanol–water partition coefficient (Wildman–Crippen LogP) is 5.31. The number of para-hydroxylation sites is 1. The molecule has 0 fully saturated rings. The van der Waals surface area contributed by atoms with Crippen LogP contribution in [0.5, 0.6) is 5.75 Å². The third-order valence-electron chi connectivity index (χ3n) is 4.44. The standard InChI is InChI=1S/C21H17F3N2O/c1-20(2)12-14-11-15(27-21(22,23)24)8-9-16(14)19(26-20)18-10-7-13-5-3-4-6-17(13)25-18/h3-11H,12H2,1-2H3. The van der Waals surface area contributed by atoms with Gasteiger partial charge in [0.05, 0.1) is 22.5 Å². The van der Waals surface area contributed by atoms with Gasteiger partial charge in [-0.15, -0.1) is 13.2 Å². The average molecular weight is 370 g/mol. The molecule has 0 unspecified atom stereocenters. The van der Waals surface area contributed by atoms with E-state index in [-0.39, 0.29) is 5.75 Å².